The Kier molecular flexibility index (Phi) is 3.97. The lowest BCUT2D eigenvalue weighted by Gasteiger charge is -2.39. The van der Waals surface area contributed by atoms with Gasteiger partial charge in [-0.05, 0) is 24.7 Å². The first-order valence-corrected chi connectivity index (χ1v) is 5.77. The molecular weight excluding hydrogens is 174 g/mol. The van der Waals surface area contributed by atoms with Crippen molar-refractivity contribution in [1.29, 1.82) is 0 Å². The van der Waals surface area contributed by atoms with E-state index in [1.807, 2.05) is 11.9 Å². The summed E-state index contributed by atoms with van der Waals surface area (Å²) in [6.45, 7) is 6.22. The lowest BCUT2D eigenvalue weighted by Crippen LogP contribution is -2.44. The average Bonchev–Trinajstić information content (AvgIpc) is 2.16. The Morgan fingerprint density at radius 3 is 2.36 bits per heavy atom. The van der Waals surface area contributed by atoms with Crippen LogP contribution in [-0.2, 0) is 4.79 Å². The van der Waals surface area contributed by atoms with Gasteiger partial charge in [0.1, 0.15) is 0 Å². The van der Waals surface area contributed by atoms with Crippen LogP contribution in [0.3, 0.4) is 0 Å². The van der Waals surface area contributed by atoms with Crippen molar-refractivity contribution in [1.82, 2.24) is 4.90 Å². The van der Waals surface area contributed by atoms with Gasteiger partial charge in [0.15, 0.2) is 0 Å². The Morgan fingerprint density at radius 1 is 1.29 bits per heavy atom. The summed E-state index contributed by atoms with van der Waals surface area (Å²) in [6.07, 6.45) is 5.11. The molecule has 2 unspecified atom stereocenters. The van der Waals surface area contributed by atoms with Crippen molar-refractivity contribution in [3.8, 4) is 0 Å². The molecule has 1 aliphatic carbocycles. The van der Waals surface area contributed by atoms with E-state index in [9.17, 15) is 4.79 Å². The molecular formula is C12H23NO. The minimum absolute atomic E-state index is 0.211. The lowest BCUT2D eigenvalue weighted by molar-refractivity contribution is -0.131. The topological polar surface area (TPSA) is 20.3 Å². The van der Waals surface area contributed by atoms with Gasteiger partial charge in [0.2, 0.25) is 5.91 Å². The summed E-state index contributed by atoms with van der Waals surface area (Å²) in [5, 5.41) is 0. The monoisotopic (exact) mass is 197 g/mol. The zero-order valence-corrected chi connectivity index (χ0v) is 9.92. The van der Waals surface area contributed by atoms with Crippen molar-refractivity contribution in [2.24, 2.45) is 11.8 Å². The van der Waals surface area contributed by atoms with Crippen LogP contribution in [0.2, 0.25) is 0 Å². The van der Waals surface area contributed by atoms with E-state index in [4.69, 9.17) is 0 Å². The van der Waals surface area contributed by atoms with E-state index < -0.39 is 0 Å². The van der Waals surface area contributed by atoms with E-state index >= 15 is 0 Å². The minimum Gasteiger partial charge on any atom is -0.343 e. The molecule has 0 aromatic heterocycles. The van der Waals surface area contributed by atoms with Gasteiger partial charge >= 0.3 is 0 Å². The number of carbonyl (C=O) groups excluding carboxylic acids is 1. The first-order chi connectivity index (χ1) is 6.54. The third-order valence-corrected chi connectivity index (χ3v) is 3.63. The number of hydrogen-bond acceptors (Lipinski definition) is 1. The zero-order valence-electron chi connectivity index (χ0n) is 9.92. The van der Waals surface area contributed by atoms with Crippen LogP contribution in [0, 0.1) is 11.8 Å². The van der Waals surface area contributed by atoms with Crippen LogP contribution in [0.4, 0.5) is 0 Å². The molecule has 2 nitrogen and oxygen atoms in total. The molecule has 0 aliphatic heterocycles. The molecule has 0 aromatic carbocycles. The van der Waals surface area contributed by atoms with Gasteiger partial charge in [-0.1, -0.05) is 26.7 Å². The number of hydrogen-bond donors (Lipinski definition) is 0. The molecule has 0 N–H and O–H groups in total. The molecule has 1 saturated carbocycles. The predicted octanol–water partition coefficient (Wildman–Crippen LogP) is 2.68. The molecule has 0 aromatic rings. The summed E-state index contributed by atoms with van der Waals surface area (Å²) in [7, 11) is 1.95. The zero-order chi connectivity index (χ0) is 10.7. The fourth-order valence-electron chi connectivity index (χ4n) is 2.63. The second-order valence-electron chi connectivity index (χ2n) is 4.89. The molecule has 1 aliphatic rings. The van der Waals surface area contributed by atoms with Gasteiger partial charge < -0.3 is 4.90 Å². The van der Waals surface area contributed by atoms with Gasteiger partial charge in [-0.2, -0.15) is 0 Å². The number of nitrogens with zero attached hydrogens (tertiary/aromatic N) is 1. The third kappa shape index (κ3) is 2.49. The van der Waals surface area contributed by atoms with Crippen LogP contribution >= 0.6 is 0 Å². The van der Waals surface area contributed by atoms with Gasteiger partial charge in [0.25, 0.3) is 0 Å². The van der Waals surface area contributed by atoms with Crippen LogP contribution in [0.1, 0.15) is 46.5 Å². The molecule has 0 spiro atoms. The average molecular weight is 197 g/mol. The largest absolute Gasteiger partial charge is 0.343 e. The second-order valence-corrected chi connectivity index (χ2v) is 4.89. The van der Waals surface area contributed by atoms with Crippen molar-refractivity contribution in [2.75, 3.05) is 7.05 Å². The molecule has 2 atom stereocenters. The highest BCUT2D eigenvalue weighted by atomic mass is 16.2. The SMILES string of the molecule is CC(=O)N(C)C1CCCCC1C(C)C. The molecule has 1 amide bonds. The molecule has 0 radical (unpaired) electrons. The van der Waals surface area contributed by atoms with E-state index in [1.165, 1.54) is 25.7 Å². The molecule has 0 saturated heterocycles. The molecule has 1 rings (SSSR count). The highest BCUT2D eigenvalue weighted by Crippen LogP contribution is 2.32. The molecule has 82 valence electrons. The van der Waals surface area contributed by atoms with Crippen LogP contribution in [0.25, 0.3) is 0 Å². The molecule has 0 heterocycles. The molecule has 2 heteroatoms. The Hall–Kier alpha value is -0.530. The Bertz CT molecular complexity index is 200. The molecule has 1 fully saturated rings. The number of carbonyl (C=O) groups is 1. The maximum atomic E-state index is 11.3. The fraction of sp³-hybridized carbons (Fsp3) is 0.917. The summed E-state index contributed by atoms with van der Waals surface area (Å²) >= 11 is 0. The first-order valence-electron chi connectivity index (χ1n) is 5.77. The van der Waals surface area contributed by atoms with Crippen molar-refractivity contribution >= 4 is 5.91 Å². The Labute approximate surface area is 87.7 Å². The predicted molar refractivity (Wildman–Crippen MR) is 59.0 cm³/mol. The lowest BCUT2D eigenvalue weighted by atomic mass is 9.77. The maximum absolute atomic E-state index is 11.3. The van der Waals surface area contributed by atoms with E-state index in [2.05, 4.69) is 13.8 Å². The maximum Gasteiger partial charge on any atom is 0.219 e. The van der Waals surface area contributed by atoms with Crippen LogP contribution < -0.4 is 0 Å². The summed E-state index contributed by atoms with van der Waals surface area (Å²) in [5.74, 6) is 1.61. The summed E-state index contributed by atoms with van der Waals surface area (Å²) in [4.78, 5) is 13.3. The van der Waals surface area contributed by atoms with E-state index in [-0.39, 0.29) is 5.91 Å². The third-order valence-electron chi connectivity index (χ3n) is 3.63. The summed E-state index contributed by atoms with van der Waals surface area (Å²) in [5.41, 5.74) is 0. The Balaban J connectivity index is 2.67. The fourth-order valence-corrected chi connectivity index (χ4v) is 2.63. The Morgan fingerprint density at radius 2 is 1.86 bits per heavy atom. The first kappa shape index (κ1) is 11.5. The number of amides is 1. The van der Waals surface area contributed by atoms with Crippen LogP contribution in [0.5, 0.6) is 0 Å². The highest BCUT2D eigenvalue weighted by Gasteiger charge is 2.31. The highest BCUT2D eigenvalue weighted by molar-refractivity contribution is 5.73. The van der Waals surface area contributed by atoms with Crippen molar-refractivity contribution in [3.05, 3.63) is 0 Å². The van der Waals surface area contributed by atoms with E-state index in [0.29, 0.717) is 17.9 Å². The normalized spacial score (nSPS) is 27.8. The molecule has 0 bridgehead atoms. The van der Waals surface area contributed by atoms with Crippen molar-refractivity contribution in [3.63, 3.8) is 0 Å². The van der Waals surface area contributed by atoms with Gasteiger partial charge in [-0.25, -0.2) is 0 Å². The second kappa shape index (κ2) is 4.81. The van der Waals surface area contributed by atoms with Gasteiger partial charge in [-0.15, -0.1) is 0 Å². The van der Waals surface area contributed by atoms with Crippen LogP contribution in [-0.4, -0.2) is 23.9 Å². The quantitative estimate of drug-likeness (QED) is 0.666. The van der Waals surface area contributed by atoms with Crippen molar-refractivity contribution in [2.45, 2.75) is 52.5 Å². The minimum atomic E-state index is 0.211. The summed E-state index contributed by atoms with van der Waals surface area (Å²) in [6, 6.07) is 0.487. The standard InChI is InChI=1S/C12H23NO/c1-9(2)11-7-5-6-8-12(11)13(4)10(3)14/h9,11-12H,5-8H2,1-4H3. The van der Waals surface area contributed by atoms with Gasteiger partial charge in [0.05, 0.1) is 0 Å². The van der Waals surface area contributed by atoms with Crippen LogP contribution in [0.15, 0.2) is 0 Å². The van der Waals surface area contributed by atoms with Gasteiger partial charge in [0, 0.05) is 20.0 Å². The molecule has 14 heavy (non-hydrogen) atoms. The van der Waals surface area contributed by atoms with Gasteiger partial charge in [-0.3, -0.25) is 4.79 Å². The smallest absolute Gasteiger partial charge is 0.219 e. The summed E-state index contributed by atoms with van der Waals surface area (Å²) < 4.78 is 0. The van der Waals surface area contributed by atoms with E-state index in [0.717, 1.165) is 0 Å². The van der Waals surface area contributed by atoms with E-state index in [1.54, 1.807) is 6.92 Å². The number of rotatable bonds is 2. The van der Waals surface area contributed by atoms with Crippen molar-refractivity contribution < 1.29 is 4.79 Å².